The molecular formula is C20H28N4. The highest BCUT2D eigenvalue weighted by Gasteiger charge is 2.41. The fraction of sp³-hybridized carbons (Fsp3) is 0.600. The van der Waals surface area contributed by atoms with Crippen molar-refractivity contribution in [1.82, 2.24) is 20.3 Å². The molecule has 128 valence electrons. The maximum Gasteiger partial charge on any atom is 0.0964 e. The van der Waals surface area contributed by atoms with E-state index in [1.165, 1.54) is 56.9 Å². The van der Waals surface area contributed by atoms with Crippen molar-refractivity contribution in [1.29, 1.82) is 0 Å². The standard InChI is InChI=1S/C20H28N4/c1-3-7-17(8-4-1)13-20(11-12-20)16-21-14-18-15-24(23-22-18)19-9-5-2-6-10-19/h1,3-4,7-8,15,19,21H,2,5-6,9-14,16H2. The summed E-state index contributed by atoms with van der Waals surface area (Å²) in [7, 11) is 0. The van der Waals surface area contributed by atoms with Gasteiger partial charge in [0.25, 0.3) is 0 Å². The van der Waals surface area contributed by atoms with Crippen LogP contribution in [0.5, 0.6) is 0 Å². The molecule has 4 rings (SSSR count). The van der Waals surface area contributed by atoms with Crippen LogP contribution in [0, 0.1) is 5.41 Å². The predicted octanol–water partition coefficient (Wildman–Crippen LogP) is 3.90. The number of benzene rings is 1. The van der Waals surface area contributed by atoms with Crippen LogP contribution >= 0.6 is 0 Å². The van der Waals surface area contributed by atoms with Crippen LogP contribution in [0.15, 0.2) is 36.5 Å². The van der Waals surface area contributed by atoms with Gasteiger partial charge in [0.1, 0.15) is 0 Å². The summed E-state index contributed by atoms with van der Waals surface area (Å²) in [5, 5.41) is 12.4. The molecule has 1 aromatic heterocycles. The van der Waals surface area contributed by atoms with Crippen LogP contribution in [0.3, 0.4) is 0 Å². The molecule has 0 atom stereocenters. The largest absolute Gasteiger partial charge is 0.310 e. The first-order chi connectivity index (χ1) is 11.8. The van der Waals surface area contributed by atoms with Crippen molar-refractivity contribution in [3.63, 3.8) is 0 Å². The van der Waals surface area contributed by atoms with Crippen LogP contribution < -0.4 is 5.32 Å². The van der Waals surface area contributed by atoms with Crippen molar-refractivity contribution in [3.05, 3.63) is 47.8 Å². The SMILES string of the molecule is c1ccc(CC2(CNCc3cn(C4CCCCC4)nn3)CC2)cc1. The van der Waals surface area contributed by atoms with E-state index in [9.17, 15) is 0 Å². The third kappa shape index (κ3) is 3.86. The topological polar surface area (TPSA) is 42.7 Å². The lowest BCUT2D eigenvalue weighted by atomic mass is 9.96. The molecule has 4 heteroatoms. The van der Waals surface area contributed by atoms with Gasteiger partial charge in [0, 0.05) is 13.1 Å². The Labute approximate surface area is 144 Å². The highest BCUT2D eigenvalue weighted by atomic mass is 15.4. The molecule has 2 aliphatic carbocycles. The summed E-state index contributed by atoms with van der Waals surface area (Å²) in [6, 6.07) is 11.4. The average Bonchev–Trinajstić information content (AvgIpc) is 3.21. The van der Waals surface area contributed by atoms with Gasteiger partial charge in [-0.05, 0) is 43.1 Å². The molecule has 1 aromatic carbocycles. The van der Waals surface area contributed by atoms with E-state index in [4.69, 9.17) is 0 Å². The molecule has 2 fully saturated rings. The van der Waals surface area contributed by atoms with Crippen molar-refractivity contribution in [3.8, 4) is 0 Å². The zero-order chi connectivity index (χ0) is 16.2. The Hall–Kier alpha value is -1.68. The lowest BCUT2D eigenvalue weighted by molar-refractivity contribution is 0.324. The summed E-state index contributed by atoms with van der Waals surface area (Å²) in [5.41, 5.74) is 3.01. The number of hydrogen-bond acceptors (Lipinski definition) is 3. The van der Waals surface area contributed by atoms with Crippen LogP contribution in [0.4, 0.5) is 0 Å². The fourth-order valence-electron chi connectivity index (χ4n) is 4.00. The number of aromatic nitrogens is 3. The smallest absolute Gasteiger partial charge is 0.0964 e. The molecule has 1 N–H and O–H groups in total. The summed E-state index contributed by atoms with van der Waals surface area (Å²) < 4.78 is 2.10. The molecule has 24 heavy (non-hydrogen) atoms. The van der Waals surface area contributed by atoms with Crippen molar-refractivity contribution in [2.24, 2.45) is 5.41 Å². The minimum atomic E-state index is 0.473. The molecule has 2 saturated carbocycles. The van der Waals surface area contributed by atoms with Gasteiger partial charge >= 0.3 is 0 Å². The quantitative estimate of drug-likeness (QED) is 0.840. The van der Waals surface area contributed by atoms with Gasteiger partial charge in [-0.25, -0.2) is 4.68 Å². The highest BCUT2D eigenvalue weighted by Crippen LogP contribution is 2.47. The molecule has 0 spiro atoms. The first-order valence-corrected chi connectivity index (χ1v) is 9.48. The zero-order valence-electron chi connectivity index (χ0n) is 14.5. The summed E-state index contributed by atoms with van der Waals surface area (Å²) >= 11 is 0. The van der Waals surface area contributed by atoms with Crippen molar-refractivity contribution < 1.29 is 0 Å². The first kappa shape index (κ1) is 15.8. The third-order valence-corrected chi connectivity index (χ3v) is 5.69. The lowest BCUT2D eigenvalue weighted by Crippen LogP contribution is -2.25. The molecular weight excluding hydrogens is 296 g/mol. The Bertz CT molecular complexity index is 639. The molecule has 0 saturated heterocycles. The Kier molecular flexibility index (Phi) is 4.65. The van der Waals surface area contributed by atoms with Crippen molar-refractivity contribution >= 4 is 0 Å². The van der Waals surface area contributed by atoms with Crippen molar-refractivity contribution in [2.45, 2.75) is 64.0 Å². The molecule has 0 unspecified atom stereocenters. The number of rotatable bonds is 7. The predicted molar refractivity (Wildman–Crippen MR) is 95.7 cm³/mol. The number of nitrogens with zero attached hydrogens (tertiary/aromatic N) is 3. The summed E-state index contributed by atoms with van der Waals surface area (Å²) in [6.07, 6.45) is 12.6. The molecule has 2 aliphatic rings. The second kappa shape index (κ2) is 7.06. The second-order valence-corrected chi connectivity index (χ2v) is 7.75. The zero-order valence-corrected chi connectivity index (χ0v) is 14.5. The maximum absolute atomic E-state index is 4.37. The third-order valence-electron chi connectivity index (χ3n) is 5.69. The summed E-state index contributed by atoms with van der Waals surface area (Å²) in [6.45, 7) is 1.92. The van der Waals surface area contributed by atoms with Gasteiger partial charge < -0.3 is 5.32 Å². The van der Waals surface area contributed by atoms with Crippen LogP contribution in [-0.2, 0) is 13.0 Å². The fourth-order valence-corrected chi connectivity index (χ4v) is 4.00. The Morgan fingerprint density at radius 2 is 1.88 bits per heavy atom. The van der Waals surface area contributed by atoms with Gasteiger partial charge in [0.05, 0.1) is 17.9 Å². The van der Waals surface area contributed by atoms with Gasteiger partial charge in [0.15, 0.2) is 0 Å². The van der Waals surface area contributed by atoms with Gasteiger partial charge in [-0.15, -0.1) is 5.10 Å². The van der Waals surface area contributed by atoms with E-state index in [2.05, 4.69) is 56.8 Å². The minimum Gasteiger partial charge on any atom is -0.310 e. The summed E-state index contributed by atoms with van der Waals surface area (Å²) in [4.78, 5) is 0. The van der Waals surface area contributed by atoms with E-state index in [1.54, 1.807) is 0 Å². The van der Waals surface area contributed by atoms with Crippen LogP contribution in [0.2, 0.25) is 0 Å². The number of hydrogen-bond donors (Lipinski definition) is 1. The highest BCUT2D eigenvalue weighted by molar-refractivity contribution is 5.19. The van der Waals surface area contributed by atoms with Gasteiger partial charge in [-0.3, -0.25) is 0 Å². The van der Waals surface area contributed by atoms with Gasteiger partial charge in [0.2, 0.25) is 0 Å². The Morgan fingerprint density at radius 3 is 2.62 bits per heavy atom. The van der Waals surface area contributed by atoms with E-state index in [1.807, 2.05) is 0 Å². The molecule has 4 nitrogen and oxygen atoms in total. The van der Waals surface area contributed by atoms with Crippen LogP contribution in [0.1, 0.15) is 62.2 Å². The monoisotopic (exact) mass is 324 g/mol. The van der Waals surface area contributed by atoms with E-state index < -0.39 is 0 Å². The van der Waals surface area contributed by atoms with E-state index >= 15 is 0 Å². The number of nitrogens with one attached hydrogen (secondary N) is 1. The van der Waals surface area contributed by atoms with E-state index in [-0.39, 0.29) is 0 Å². The normalized spacial score (nSPS) is 20.2. The molecule has 0 amide bonds. The minimum absolute atomic E-state index is 0.473. The molecule has 1 heterocycles. The Balaban J connectivity index is 1.26. The second-order valence-electron chi connectivity index (χ2n) is 7.75. The summed E-state index contributed by atoms with van der Waals surface area (Å²) in [5.74, 6) is 0. The van der Waals surface area contributed by atoms with E-state index in [0.717, 1.165) is 18.8 Å². The van der Waals surface area contributed by atoms with Gasteiger partial charge in [-0.2, -0.15) is 0 Å². The molecule has 0 radical (unpaired) electrons. The lowest BCUT2D eigenvalue weighted by Gasteiger charge is -2.21. The van der Waals surface area contributed by atoms with Crippen LogP contribution in [-0.4, -0.2) is 21.5 Å². The maximum atomic E-state index is 4.37. The molecule has 0 bridgehead atoms. The van der Waals surface area contributed by atoms with E-state index in [0.29, 0.717) is 11.5 Å². The average molecular weight is 324 g/mol. The van der Waals surface area contributed by atoms with Crippen LogP contribution in [0.25, 0.3) is 0 Å². The Morgan fingerprint density at radius 1 is 1.08 bits per heavy atom. The van der Waals surface area contributed by atoms with Crippen molar-refractivity contribution in [2.75, 3.05) is 6.54 Å². The molecule has 0 aliphatic heterocycles. The van der Waals surface area contributed by atoms with Gasteiger partial charge in [-0.1, -0.05) is 54.8 Å². The molecule has 2 aromatic rings. The first-order valence-electron chi connectivity index (χ1n) is 9.48.